The fourth-order valence-corrected chi connectivity index (χ4v) is 1.80. The first-order valence-electron chi connectivity index (χ1n) is 4.46. The highest BCUT2D eigenvalue weighted by molar-refractivity contribution is 9.10. The Kier molecular flexibility index (Phi) is 3.07. The van der Waals surface area contributed by atoms with Gasteiger partial charge in [-0.3, -0.25) is 4.79 Å². The van der Waals surface area contributed by atoms with E-state index in [-0.39, 0.29) is 5.78 Å². The van der Waals surface area contributed by atoms with Crippen LogP contribution in [0, 0.1) is 0 Å². The highest BCUT2D eigenvalue weighted by Gasteiger charge is 2.09. The molecule has 0 radical (unpaired) electrons. The van der Waals surface area contributed by atoms with Crippen LogP contribution in [0.25, 0.3) is 5.69 Å². The Balaban J connectivity index is 2.50. The van der Waals surface area contributed by atoms with Crippen molar-refractivity contribution in [3.05, 3.63) is 39.6 Å². The van der Waals surface area contributed by atoms with Crippen molar-refractivity contribution >= 4 is 33.3 Å². The number of aromatic nitrogens is 3. The number of carbonyl (C=O) groups excluding carboxylic acids is 1. The van der Waals surface area contributed by atoms with Gasteiger partial charge < -0.3 is 0 Å². The van der Waals surface area contributed by atoms with Crippen LogP contribution in [0.3, 0.4) is 0 Å². The van der Waals surface area contributed by atoms with E-state index in [1.54, 1.807) is 18.3 Å². The first kappa shape index (κ1) is 11.3. The van der Waals surface area contributed by atoms with Crippen molar-refractivity contribution in [1.82, 2.24) is 15.0 Å². The molecule has 2 aromatic rings. The molecule has 1 aromatic heterocycles. The second-order valence-electron chi connectivity index (χ2n) is 3.20. The molecule has 4 nitrogen and oxygen atoms in total. The number of rotatable bonds is 2. The van der Waals surface area contributed by atoms with Gasteiger partial charge in [0.15, 0.2) is 5.78 Å². The maximum absolute atomic E-state index is 11.1. The highest BCUT2D eigenvalue weighted by Crippen LogP contribution is 2.24. The standard InChI is InChI=1S/C10H7BrClN3O/c1-6(16)9-5-15(14-13-9)10-4-7(12)2-3-8(10)11/h2-5H,1H3. The molecular formula is C10H7BrClN3O. The van der Waals surface area contributed by atoms with Crippen LogP contribution in [0.5, 0.6) is 0 Å². The SMILES string of the molecule is CC(=O)c1cn(-c2cc(Cl)ccc2Br)nn1. The molecule has 0 fully saturated rings. The van der Waals surface area contributed by atoms with Crippen LogP contribution in [-0.2, 0) is 0 Å². The van der Waals surface area contributed by atoms with Gasteiger partial charge in [-0.05, 0) is 34.1 Å². The van der Waals surface area contributed by atoms with Crippen molar-refractivity contribution in [2.24, 2.45) is 0 Å². The summed E-state index contributed by atoms with van der Waals surface area (Å²) < 4.78 is 2.34. The van der Waals surface area contributed by atoms with Gasteiger partial charge in [0, 0.05) is 16.4 Å². The Morgan fingerprint density at radius 3 is 2.88 bits per heavy atom. The van der Waals surface area contributed by atoms with E-state index in [9.17, 15) is 4.79 Å². The number of benzene rings is 1. The summed E-state index contributed by atoms with van der Waals surface area (Å²) in [5, 5.41) is 8.22. The number of ketones is 1. The zero-order chi connectivity index (χ0) is 11.7. The Morgan fingerprint density at radius 2 is 2.25 bits per heavy atom. The van der Waals surface area contributed by atoms with E-state index >= 15 is 0 Å². The van der Waals surface area contributed by atoms with Crippen molar-refractivity contribution in [3.63, 3.8) is 0 Å². The van der Waals surface area contributed by atoms with Gasteiger partial charge in [-0.1, -0.05) is 16.8 Å². The maximum Gasteiger partial charge on any atom is 0.181 e. The Morgan fingerprint density at radius 1 is 1.50 bits per heavy atom. The molecule has 6 heteroatoms. The number of nitrogens with zero attached hydrogens (tertiary/aromatic N) is 3. The zero-order valence-electron chi connectivity index (χ0n) is 8.32. The number of hydrogen-bond acceptors (Lipinski definition) is 3. The van der Waals surface area contributed by atoms with Gasteiger partial charge in [-0.2, -0.15) is 0 Å². The molecule has 0 amide bonds. The van der Waals surface area contributed by atoms with Crippen molar-refractivity contribution in [2.45, 2.75) is 6.92 Å². The summed E-state index contributed by atoms with van der Waals surface area (Å²) in [5.41, 5.74) is 1.07. The number of hydrogen-bond donors (Lipinski definition) is 0. The van der Waals surface area contributed by atoms with Crippen molar-refractivity contribution in [2.75, 3.05) is 0 Å². The fourth-order valence-electron chi connectivity index (χ4n) is 1.20. The normalized spacial score (nSPS) is 10.4. The largest absolute Gasteiger partial charge is 0.293 e. The lowest BCUT2D eigenvalue weighted by molar-refractivity contribution is 0.101. The van der Waals surface area contributed by atoms with Crippen molar-refractivity contribution in [3.8, 4) is 5.69 Å². The van der Waals surface area contributed by atoms with Gasteiger partial charge in [0.1, 0.15) is 5.69 Å². The smallest absolute Gasteiger partial charge is 0.181 e. The van der Waals surface area contributed by atoms with E-state index in [1.165, 1.54) is 11.6 Å². The molecule has 1 heterocycles. The quantitative estimate of drug-likeness (QED) is 0.801. The fraction of sp³-hybridized carbons (Fsp3) is 0.100. The molecule has 0 spiro atoms. The summed E-state index contributed by atoms with van der Waals surface area (Å²) in [7, 11) is 0. The van der Waals surface area contributed by atoms with Gasteiger partial charge >= 0.3 is 0 Å². The first-order chi connectivity index (χ1) is 7.58. The van der Waals surface area contributed by atoms with Crippen LogP contribution in [-0.4, -0.2) is 20.8 Å². The predicted molar refractivity (Wildman–Crippen MR) is 64.1 cm³/mol. The molecule has 0 aliphatic rings. The minimum atomic E-state index is -0.121. The first-order valence-corrected chi connectivity index (χ1v) is 5.64. The van der Waals surface area contributed by atoms with E-state index in [2.05, 4.69) is 26.2 Å². The monoisotopic (exact) mass is 299 g/mol. The molecular weight excluding hydrogens is 293 g/mol. The Bertz CT molecular complexity index is 553. The van der Waals surface area contributed by atoms with Crippen molar-refractivity contribution < 1.29 is 4.79 Å². The van der Waals surface area contributed by atoms with E-state index in [0.29, 0.717) is 10.7 Å². The number of halogens is 2. The summed E-state index contributed by atoms with van der Waals surface area (Å²) in [6, 6.07) is 5.31. The molecule has 0 unspecified atom stereocenters. The van der Waals surface area contributed by atoms with E-state index < -0.39 is 0 Å². The van der Waals surface area contributed by atoms with Crippen LogP contribution >= 0.6 is 27.5 Å². The van der Waals surface area contributed by atoms with Crippen LogP contribution in [0.2, 0.25) is 5.02 Å². The molecule has 0 saturated heterocycles. The van der Waals surface area contributed by atoms with Crippen LogP contribution in [0.1, 0.15) is 17.4 Å². The Hall–Kier alpha value is -1.20. The zero-order valence-corrected chi connectivity index (χ0v) is 10.7. The van der Waals surface area contributed by atoms with Crippen LogP contribution in [0.4, 0.5) is 0 Å². The molecule has 0 atom stereocenters. The predicted octanol–water partition coefficient (Wildman–Crippen LogP) is 2.89. The van der Waals surface area contributed by atoms with E-state index in [4.69, 9.17) is 11.6 Å². The molecule has 0 aliphatic heterocycles. The molecule has 2 rings (SSSR count). The van der Waals surface area contributed by atoms with Gasteiger partial charge in [0.2, 0.25) is 0 Å². The number of carbonyl (C=O) groups is 1. The molecule has 0 aliphatic carbocycles. The third-order valence-corrected chi connectivity index (χ3v) is 2.91. The maximum atomic E-state index is 11.1. The van der Waals surface area contributed by atoms with Gasteiger partial charge in [-0.15, -0.1) is 5.10 Å². The minimum Gasteiger partial charge on any atom is -0.293 e. The van der Waals surface area contributed by atoms with Crippen LogP contribution < -0.4 is 0 Å². The van der Waals surface area contributed by atoms with Gasteiger partial charge in [0.05, 0.1) is 11.9 Å². The average Bonchev–Trinajstić information content (AvgIpc) is 2.70. The lowest BCUT2D eigenvalue weighted by atomic mass is 10.3. The summed E-state index contributed by atoms with van der Waals surface area (Å²) >= 11 is 9.27. The number of Topliss-reactive ketones (excluding diaryl/α,β-unsaturated/α-hetero) is 1. The topological polar surface area (TPSA) is 47.8 Å². The van der Waals surface area contributed by atoms with Gasteiger partial charge in [0.25, 0.3) is 0 Å². The summed E-state index contributed by atoms with van der Waals surface area (Å²) in [6.07, 6.45) is 1.57. The van der Waals surface area contributed by atoms with Crippen LogP contribution in [0.15, 0.2) is 28.9 Å². The Labute approximate surface area is 105 Å². The van der Waals surface area contributed by atoms with Gasteiger partial charge in [-0.25, -0.2) is 4.68 Å². The molecule has 16 heavy (non-hydrogen) atoms. The summed E-state index contributed by atoms with van der Waals surface area (Å²) in [4.78, 5) is 11.1. The average molecular weight is 301 g/mol. The molecule has 0 N–H and O–H groups in total. The third-order valence-electron chi connectivity index (χ3n) is 2.01. The summed E-state index contributed by atoms with van der Waals surface area (Å²) in [5.74, 6) is -0.121. The van der Waals surface area contributed by atoms with E-state index in [1.807, 2.05) is 6.07 Å². The molecule has 0 bridgehead atoms. The lowest BCUT2D eigenvalue weighted by Gasteiger charge is -2.03. The highest BCUT2D eigenvalue weighted by atomic mass is 79.9. The molecule has 1 aromatic carbocycles. The second-order valence-corrected chi connectivity index (χ2v) is 4.49. The molecule has 82 valence electrons. The van der Waals surface area contributed by atoms with E-state index in [0.717, 1.165) is 10.2 Å². The second kappa shape index (κ2) is 4.35. The lowest BCUT2D eigenvalue weighted by Crippen LogP contribution is -1.96. The minimum absolute atomic E-state index is 0.121. The molecule has 0 saturated carbocycles. The third kappa shape index (κ3) is 2.15. The summed E-state index contributed by atoms with van der Waals surface area (Å²) in [6.45, 7) is 1.45. The van der Waals surface area contributed by atoms with Crippen molar-refractivity contribution in [1.29, 1.82) is 0 Å².